The van der Waals surface area contributed by atoms with E-state index in [2.05, 4.69) is 10.2 Å². The Labute approximate surface area is 147 Å². The predicted octanol–water partition coefficient (Wildman–Crippen LogP) is 2.85. The summed E-state index contributed by atoms with van der Waals surface area (Å²) in [6, 6.07) is 5.92. The van der Waals surface area contributed by atoms with E-state index in [1.807, 2.05) is 29.3 Å². The summed E-state index contributed by atoms with van der Waals surface area (Å²) >= 11 is 0. The number of carbonyl (C=O) groups excluding carboxylic acids is 1. The summed E-state index contributed by atoms with van der Waals surface area (Å²) in [6.07, 6.45) is 8.37. The number of carbonyl (C=O) groups is 1. The van der Waals surface area contributed by atoms with Gasteiger partial charge in [-0.2, -0.15) is 5.10 Å². The van der Waals surface area contributed by atoms with Crippen LogP contribution in [-0.2, 0) is 18.3 Å². The Morgan fingerprint density at radius 1 is 1.20 bits per heavy atom. The number of fused-ring (bicyclic) bond motifs is 3. The first kappa shape index (κ1) is 15.0. The van der Waals surface area contributed by atoms with Crippen LogP contribution in [-0.4, -0.2) is 40.7 Å². The van der Waals surface area contributed by atoms with Crippen LogP contribution in [0.3, 0.4) is 0 Å². The number of hydrogen-bond donors (Lipinski definition) is 1. The smallest absolute Gasteiger partial charge is 0.253 e. The molecule has 1 spiro atoms. The van der Waals surface area contributed by atoms with E-state index in [0.29, 0.717) is 0 Å². The Hall–Kier alpha value is -2.30. The van der Waals surface area contributed by atoms with Crippen LogP contribution < -0.4 is 4.74 Å². The van der Waals surface area contributed by atoms with Crippen LogP contribution in [0.4, 0.5) is 0 Å². The third-order valence-corrected chi connectivity index (χ3v) is 6.14. The highest BCUT2D eigenvalue weighted by Gasteiger charge is 2.44. The standard InChI is InChI=1S/C20H23N3O2/c24-19(15-4-5-17-14(11-15)3-1-10-25-17)23-9-2-7-20(13-23)8-6-16-12-21-22-18(16)20/h4-5,11-12H,1-3,6-10,13H2,(H,21,22). The molecule has 5 nitrogen and oxygen atoms in total. The Balaban J connectivity index is 1.41. The number of nitrogens with zero attached hydrogens (tertiary/aromatic N) is 2. The number of ether oxygens (including phenoxy) is 1. The van der Waals surface area contributed by atoms with Gasteiger partial charge in [-0.15, -0.1) is 0 Å². The molecule has 1 amide bonds. The molecule has 0 bridgehead atoms. The van der Waals surface area contributed by atoms with Gasteiger partial charge in [-0.1, -0.05) is 0 Å². The van der Waals surface area contributed by atoms with E-state index >= 15 is 0 Å². The summed E-state index contributed by atoms with van der Waals surface area (Å²) in [4.78, 5) is 15.2. The molecule has 0 saturated carbocycles. The number of hydrogen-bond acceptors (Lipinski definition) is 3. The van der Waals surface area contributed by atoms with E-state index in [-0.39, 0.29) is 11.3 Å². The first-order valence-electron chi connectivity index (χ1n) is 9.33. The molecule has 5 rings (SSSR count). The third-order valence-electron chi connectivity index (χ3n) is 6.14. The van der Waals surface area contributed by atoms with Crippen LogP contribution in [0.2, 0.25) is 0 Å². The highest BCUT2D eigenvalue weighted by Crippen LogP contribution is 2.44. The van der Waals surface area contributed by atoms with Crippen molar-refractivity contribution >= 4 is 5.91 Å². The van der Waals surface area contributed by atoms with Gasteiger partial charge in [0.15, 0.2) is 0 Å². The van der Waals surface area contributed by atoms with Crippen LogP contribution in [0.25, 0.3) is 0 Å². The molecular weight excluding hydrogens is 314 g/mol. The zero-order valence-electron chi connectivity index (χ0n) is 14.4. The first-order valence-corrected chi connectivity index (χ1v) is 9.33. The third kappa shape index (κ3) is 2.36. The van der Waals surface area contributed by atoms with Gasteiger partial charge in [0.05, 0.1) is 12.8 Å². The SMILES string of the molecule is O=C(c1ccc2c(c1)CCCO2)N1CCCC2(CCc3cn[nH]c32)C1. The average Bonchev–Trinajstić information content (AvgIpc) is 3.26. The molecule has 0 radical (unpaired) electrons. The van der Waals surface area contributed by atoms with E-state index < -0.39 is 0 Å². The van der Waals surface area contributed by atoms with Gasteiger partial charge >= 0.3 is 0 Å². The minimum atomic E-state index is 0.0804. The van der Waals surface area contributed by atoms with Gasteiger partial charge in [0.2, 0.25) is 0 Å². The fourth-order valence-electron chi connectivity index (χ4n) is 4.85. The maximum atomic E-state index is 13.1. The van der Waals surface area contributed by atoms with Crippen LogP contribution >= 0.6 is 0 Å². The number of aromatic nitrogens is 2. The zero-order valence-corrected chi connectivity index (χ0v) is 14.4. The number of aryl methyl sites for hydroxylation is 2. The summed E-state index contributed by atoms with van der Waals surface area (Å²) in [5.41, 5.74) is 4.64. The van der Waals surface area contributed by atoms with E-state index in [1.54, 1.807) is 0 Å². The Kier molecular flexibility index (Phi) is 3.37. The zero-order chi connectivity index (χ0) is 16.9. The van der Waals surface area contributed by atoms with Crippen LogP contribution in [0.15, 0.2) is 24.4 Å². The monoisotopic (exact) mass is 337 g/mol. The topological polar surface area (TPSA) is 58.2 Å². The summed E-state index contributed by atoms with van der Waals surface area (Å²) in [5, 5.41) is 7.44. The lowest BCUT2D eigenvalue weighted by molar-refractivity contribution is 0.0632. The van der Waals surface area contributed by atoms with Crippen molar-refractivity contribution in [2.75, 3.05) is 19.7 Å². The number of amides is 1. The lowest BCUT2D eigenvalue weighted by atomic mass is 9.77. The quantitative estimate of drug-likeness (QED) is 0.870. The molecule has 5 heteroatoms. The van der Waals surface area contributed by atoms with Crippen LogP contribution in [0, 0.1) is 0 Å². The van der Waals surface area contributed by atoms with Gasteiger partial charge < -0.3 is 9.64 Å². The number of aromatic amines is 1. The largest absolute Gasteiger partial charge is 0.493 e. The minimum Gasteiger partial charge on any atom is -0.493 e. The summed E-state index contributed by atoms with van der Waals surface area (Å²) in [6.45, 7) is 2.42. The van der Waals surface area contributed by atoms with Crippen molar-refractivity contribution in [2.45, 2.75) is 43.9 Å². The Morgan fingerprint density at radius 2 is 2.16 bits per heavy atom. The highest BCUT2D eigenvalue weighted by atomic mass is 16.5. The molecule has 2 aliphatic heterocycles. The maximum absolute atomic E-state index is 13.1. The molecule has 1 atom stereocenters. The van der Waals surface area contributed by atoms with Crippen molar-refractivity contribution in [3.63, 3.8) is 0 Å². The van der Waals surface area contributed by atoms with Gasteiger partial charge in [0, 0.05) is 29.8 Å². The second-order valence-corrected chi connectivity index (χ2v) is 7.66. The van der Waals surface area contributed by atoms with Crippen LogP contribution in [0.1, 0.15) is 52.9 Å². The number of piperidine rings is 1. The Morgan fingerprint density at radius 3 is 3.12 bits per heavy atom. The second-order valence-electron chi connectivity index (χ2n) is 7.66. The molecule has 1 N–H and O–H groups in total. The van der Waals surface area contributed by atoms with Crippen molar-refractivity contribution in [1.82, 2.24) is 15.1 Å². The van der Waals surface area contributed by atoms with Crippen molar-refractivity contribution in [3.05, 3.63) is 46.8 Å². The summed E-state index contributed by atoms with van der Waals surface area (Å²) in [7, 11) is 0. The second kappa shape index (κ2) is 5.61. The number of rotatable bonds is 1. The predicted molar refractivity (Wildman–Crippen MR) is 94.0 cm³/mol. The molecule has 25 heavy (non-hydrogen) atoms. The first-order chi connectivity index (χ1) is 12.3. The van der Waals surface area contributed by atoms with Gasteiger partial charge in [0.1, 0.15) is 5.75 Å². The number of H-pyrrole nitrogens is 1. The molecular formula is C20H23N3O2. The lowest BCUT2D eigenvalue weighted by Crippen LogP contribution is -2.47. The van der Waals surface area contributed by atoms with Crippen molar-refractivity contribution < 1.29 is 9.53 Å². The molecule has 1 fully saturated rings. The van der Waals surface area contributed by atoms with E-state index in [0.717, 1.165) is 69.5 Å². The molecule has 1 aliphatic carbocycles. The van der Waals surface area contributed by atoms with E-state index in [9.17, 15) is 4.79 Å². The van der Waals surface area contributed by atoms with E-state index in [1.165, 1.54) is 16.8 Å². The normalized spacial score (nSPS) is 24.7. The Bertz CT molecular complexity index is 828. The van der Waals surface area contributed by atoms with Crippen molar-refractivity contribution in [2.24, 2.45) is 0 Å². The molecule has 3 aliphatic rings. The fourth-order valence-corrected chi connectivity index (χ4v) is 4.85. The summed E-state index contributed by atoms with van der Waals surface area (Å²) in [5.74, 6) is 1.09. The molecule has 2 aromatic rings. The lowest BCUT2D eigenvalue weighted by Gasteiger charge is -2.40. The molecule has 1 aromatic heterocycles. The van der Waals surface area contributed by atoms with E-state index in [4.69, 9.17) is 4.74 Å². The molecule has 1 aromatic carbocycles. The molecule has 1 saturated heterocycles. The molecule has 1 unspecified atom stereocenters. The maximum Gasteiger partial charge on any atom is 0.253 e. The number of benzene rings is 1. The molecule has 130 valence electrons. The van der Waals surface area contributed by atoms with Gasteiger partial charge in [-0.05, 0) is 67.9 Å². The highest BCUT2D eigenvalue weighted by molar-refractivity contribution is 5.94. The van der Waals surface area contributed by atoms with Crippen LogP contribution in [0.5, 0.6) is 5.75 Å². The number of likely N-dealkylation sites (tertiary alicyclic amines) is 1. The minimum absolute atomic E-state index is 0.0804. The average molecular weight is 337 g/mol. The molecule has 3 heterocycles. The fraction of sp³-hybridized carbons (Fsp3) is 0.500. The summed E-state index contributed by atoms with van der Waals surface area (Å²) < 4.78 is 5.67. The van der Waals surface area contributed by atoms with Crippen molar-refractivity contribution in [1.29, 1.82) is 0 Å². The van der Waals surface area contributed by atoms with Gasteiger partial charge in [-0.3, -0.25) is 9.89 Å². The number of nitrogens with one attached hydrogen (secondary N) is 1. The van der Waals surface area contributed by atoms with Gasteiger partial charge in [0.25, 0.3) is 5.91 Å². The van der Waals surface area contributed by atoms with Gasteiger partial charge in [-0.25, -0.2) is 0 Å². The van der Waals surface area contributed by atoms with Crippen molar-refractivity contribution in [3.8, 4) is 5.75 Å².